The van der Waals surface area contributed by atoms with E-state index in [-0.39, 0.29) is 6.42 Å². The smallest absolute Gasteiger partial charge is 0.255 e. The third kappa shape index (κ3) is 3.00. The topological polar surface area (TPSA) is 26.3 Å². The average molecular weight is 138 g/mol. The minimum Gasteiger partial charge on any atom is -0.255 e. The van der Waals surface area contributed by atoms with E-state index in [1.807, 2.05) is 0 Å². The van der Waals surface area contributed by atoms with Gasteiger partial charge in [0.15, 0.2) is 0 Å². The number of carbonyl (C=O) groups excluding carboxylic acids is 1. The first-order chi connectivity index (χ1) is 4.22. The lowest BCUT2D eigenvalue weighted by Gasteiger charge is -2.00. The Morgan fingerprint density at radius 2 is 2.33 bits per heavy atom. The van der Waals surface area contributed by atoms with Gasteiger partial charge in [0.25, 0.3) is 0 Å². The highest BCUT2D eigenvalue weighted by Crippen LogP contribution is 2.04. The summed E-state index contributed by atoms with van der Waals surface area (Å²) in [5, 5.41) is 0. The summed E-state index contributed by atoms with van der Waals surface area (Å²) in [4.78, 5) is 13.0. The minimum atomic E-state index is -1.01. The van der Waals surface area contributed by atoms with E-state index < -0.39 is 18.6 Å². The second-order valence-corrected chi connectivity index (χ2v) is 1.77. The van der Waals surface area contributed by atoms with Gasteiger partial charge in [-0.3, -0.25) is 9.33 Å². The number of carbonyl (C=O) groups is 1. The predicted molar refractivity (Wildman–Crippen MR) is 27.0 cm³/mol. The molecule has 0 N–H and O–H groups in total. The molecule has 0 saturated carbocycles. The Labute approximate surface area is 51.7 Å². The number of hydrogen-bond acceptors (Lipinski definition) is 2. The molecular weight excluding hydrogens is 130 g/mol. The molecule has 0 heterocycles. The SMILES string of the molecule is CC(CCF)C(=O)OF. The molecule has 0 amide bonds. The molecule has 0 spiro atoms. The van der Waals surface area contributed by atoms with E-state index in [1.54, 1.807) is 0 Å². The van der Waals surface area contributed by atoms with Gasteiger partial charge in [-0.25, -0.2) is 4.79 Å². The van der Waals surface area contributed by atoms with Crippen LogP contribution >= 0.6 is 0 Å². The zero-order valence-corrected chi connectivity index (χ0v) is 5.06. The maximum absolute atomic E-state index is 11.4. The monoisotopic (exact) mass is 138 g/mol. The van der Waals surface area contributed by atoms with Gasteiger partial charge in [-0.2, -0.15) is 0 Å². The van der Waals surface area contributed by atoms with E-state index in [2.05, 4.69) is 4.94 Å². The zero-order chi connectivity index (χ0) is 7.28. The summed E-state index contributed by atoms with van der Waals surface area (Å²) in [5.74, 6) is -1.69. The Balaban J connectivity index is 3.45. The highest BCUT2D eigenvalue weighted by molar-refractivity contribution is 5.71. The Bertz CT molecular complexity index is 95.0. The van der Waals surface area contributed by atoms with Gasteiger partial charge in [0.05, 0.1) is 12.6 Å². The van der Waals surface area contributed by atoms with Crippen molar-refractivity contribution in [3.8, 4) is 0 Å². The second kappa shape index (κ2) is 4.23. The predicted octanol–water partition coefficient (Wildman–Crippen LogP) is 1.41. The first-order valence-electron chi connectivity index (χ1n) is 2.60. The molecule has 0 radical (unpaired) electrons. The van der Waals surface area contributed by atoms with Crippen molar-refractivity contribution in [2.45, 2.75) is 13.3 Å². The molecule has 1 atom stereocenters. The van der Waals surface area contributed by atoms with Crippen LogP contribution in [0.25, 0.3) is 0 Å². The summed E-state index contributed by atoms with van der Waals surface area (Å²) in [7, 11) is 0. The van der Waals surface area contributed by atoms with Crippen LogP contribution in [0.1, 0.15) is 13.3 Å². The molecule has 0 fully saturated rings. The van der Waals surface area contributed by atoms with Crippen molar-refractivity contribution in [3.63, 3.8) is 0 Å². The molecule has 1 unspecified atom stereocenters. The van der Waals surface area contributed by atoms with Gasteiger partial charge in [0.1, 0.15) is 0 Å². The van der Waals surface area contributed by atoms with Gasteiger partial charge in [-0.15, -0.1) is 0 Å². The van der Waals surface area contributed by atoms with Gasteiger partial charge in [0.2, 0.25) is 0 Å². The van der Waals surface area contributed by atoms with Crippen molar-refractivity contribution < 1.29 is 18.7 Å². The van der Waals surface area contributed by atoms with E-state index in [0.717, 1.165) is 0 Å². The minimum absolute atomic E-state index is 0.0166. The van der Waals surface area contributed by atoms with E-state index in [4.69, 9.17) is 0 Å². The molecule has 0 aromatic rings. The van der Waals surface area contributed by atoms with Crippen LogP contribution in [0.2, 0.25) is 0 Å². The Morgan fingerprint density at radius 1 is 1.78 bits per heavy atom. The Morgan fingerprint density at radius 3 is 2.67 bits per heavy atom. The molecule has 0 aliphatic carbocycles. The van der Waals surface area contributed by atoms with Crippen molar-refractivity contribution >= 4 is 5.97 Å². The normalized spacial score (nSPS) is 12.8. The van der Waals surface area contributed by atoms with E-state index in [1.165, 1.54) is 6.92 Å². The molecule has 4 heteroatoms. The maximum atomic E-state index is 11.4. The van der Waals surface area contributed by atoms with Gasteiger partial charge in [-0.1, -0.05) is 6.92 Å². The quantitative estimate of drug-likeness (QED) is 0.589. The molecule has 2 nitrogen and oxygen atoms in total. The van der Waals surface area contributed by atoms with E-state index >= 15 is 0 Å². The van der Waals surface area contributed by atoms with Crippen LogP contribution in [0.3, 0.4) is 0 Å². The van der Waals surface area contributed by atoms with Crippen molar-refractivity contribution in [1.29, 1.82) is 0 Å². The highest BCUT2D eigenvalue weighted by Gasteiger charge is 2.13. The molecular formula is C5H8F2O2. The molecule has 0 aromatic carbocycles. The fraction of sp³-hybridized carbons (Fsp3) is 0.800. The molecule has 0 aliphatic rings. The third-order valence-electron chi connectivity index (χ3n) is 1.02. The third-order valence-corrected chi connectivity index (χ3v) is 1.02. The molecule has 0 aliphatic heterocycles. The first-order valence-corrected chi connectivity index (χ1v) is 2.60. The number of halogens is 2. The number of hydrogen-bond donors (Lipinski definition) is 0. The van der Waals surface area contributed by atoms with E-state index in [0.29, 0.717) is 0 Å². The van der Waals surface area contributed by atoms with Gasteiger partial charge >= 0.3 is 5.97 Å². The van der Waals surface area contributed by atoms with Crippen LogP contribution in [-0.2, 0) is 9.74 Å². The largest absolute Gasteiger partial charge is 0.351 e. The lowest BCUT2D eigenvalue weighted by Crippen LogP contribution is -2.11. The van der Waals surface area contributed by atoms with Crippen LogP contribution in [-0.4, -0.2) is 12.6 Å². The van der Waals surface area contributed by atoms with Crippen LogP contribution < -0.4 is 0 Å². The molecule has 0 bridgehead atoms. The molecule has 9 heavy (non-hydrogen) atoms. The average Bonchev–Trinajstić information content (AvgIpc) is 1.87. The van der Waals surface area contributed by atoms with Gasteiger partial charge < -0.3 is 0 Å². The fourth-order valence-corrected chi connectivity index (χ4v) is 0.358. The zero-order valence-electron chi connectivity index (χ0n) is 5.06. The highest BCUT2D eigenvalue weighted by atomic mass is 19.3. The summed E-state index contributed by atoms with van der Waals surface area (Å²) in [6.07, 6.45) is 0.0166. The lowest BCUT2D eigenvalue weighted by atomic mass is 10.1. The van der Waals surface area contributed by atoms with E-state index in [9.17, 15) is 13.7 Å². The van der Waals surface area contributed by atoms with Crippen LogP contribution in [0.4, 0.5) is 8.92 Å². The second-order valence-electron chi connectivity index (χ2n) is 1.77. The van der Waals surface area contributed by atoms with Crippen LogP contribution in [0, 0.1) is 5.92 Å². The van der Waals surface area contributed by atoms with Crippen molar-refractivity contribution in [1.82, 2.24) is 0 Å². The summed E-state index contributed by atoms with van der Waals surface area (Å²) in [5.41, 5.74) is 0. The fourth-order valence-electron chi connectivity index (χ4n) is 0.358. The Hall–Kier alpha value is -0.670. The lowest BCUT2D eigenvalue weighted by molar-refractivity contribution is -0.188. The van der Waals surface area contributed by atoms with Crippen molar-refractivity contribution in [3.05, 3.63) is 0 Å². The van der Waals surface area contributed by atoms with Crippen molar-refractivity contribution in [2.24, 2.45) is 5.92 Å². The van der Waals surface area contributed by atoms with Crippen LogP contribution in [0.15, 0.2) is 0 Å². The standard InChI is InChI=1S/C5H8F2O2/c1-4(2-3-6)5(8)9-7/h4H,2-3H2,1H3. The number of alkyl halides is 1. The van der Waals surface area contributed by atoms with Gasteiger partial charge in [0, 0.05) is 4.53 Å². The Kier molecular flexibility index (Phi) is 3.92. The summed E-state index contributed by atoms with van der Waals surface area (Å²) >= 11 is 0. The van der Waals surface area contributed by atoms with Crippen LogP contribution in [0.5, 0.6) is 0 Å². The summed E-state index contributed by atoms with van der Waals surface area (Å²) in [6, 6.07) is 0. The first kappa shape index (κ1) is 8.33. The molecule has 0 rings (SSSR count). The molecule has 54 valence electrons. The molecule has 0 saturated heterocycles. The van der Waals surface area contributed by atoms with Gasteiger partial charge in [-0.05, 0) is 6.42 Å². The summed E-state index contributed by atoms with van der Waals surface area (Å²) < 4.78 is 22.4. The summed E-state index contributed by atoms with van der Waals surface area (Å²) in [6.45, 7) is 0.776. The van der Waals surface area contributed by atoms with Crippen molar-refractivity contribution in [2.75, 3.05) is 6.67 Å². The maximum Gasteiger partial charge on any atom is 0.351 e. The molecule has 0 aromatic heterocycles. The number of rotatable bonds is 3.